The van der Waals surface area contributed by atoms with Crippen LogP contribution in [0.25, 0.3) is 5.69 Å². The fraction of sp³-hybridized carbons (Fsp3) is 0.250. The molecule has 0 fully saturated rings. The summed E-state index contributed by atoms with van der Waals surface area (Å²) in [7, 11) is 1.75. The van der Waals surface area contributed by atoms with Crippen LogP contribution in [0.2, 0.25) is 0 Å². The molecule has 0 amide bonds. The smallest absolute Gasteiger partial charge is 0.199 e. The molecule has 0 spiro atoms. The van der Waals surface area contributed by atoms with Crippen molar-refractivity contribution in [3.05, 3.63) is 42.2 Å². The van der Waals surface area contributed by atoms with E-state index in [0.29, 0.717) is 5.69 Å². The molecule has 1 unspecified atom stereocenters. The van der Waals surface area contributed by atoms with Crippen molar-refractivity contribution >= 4 is 5.78 Å². The monoisotopic (exact) mass is 230 g/mol. The fourth-order valence-corrected chi connectivity index (χ4v) is 1.52. The molecule has 1 heterocycles. The Balaban J connectivity index is 2.39. The molecule has 5 heteroatoms. The SMILES string of the molecule is CNC(C)C(=O)c1cnnn1-c1ccccc1. The van der Waals surface area contributed by atoms with Gasteiger partial charge in [0.05, 0.1) is 17.9 Å². The van der Waals surface area contributed by atoms with E-state index in [9.17, 15) is 4.79 Å². The van der Waals surface area contributed by atoms with Gasteiger partial charge >= 0.3 is 0 Å². The summed E-state index contributed by atoms with van der Waals surface area (Å²) in [5, 5.41) is 10.7. The topological polar surface area (TPSA) is 59.8 Å². The Bertz CT molecular complexity index is 506. The van der Waals surface area contributed by atoms with Crippen molar-refractivity contribution in [1.82, 2.24) is 20.3 Å². The van der Waals surface area contributed by atoms with E-state index in [1.807, 2.05) is 37.3 Å². The first-order chi connectivity index (χ1) is 8.24. The van der Waals surface area contributed by atoms with Crippen LogP contribution in [0.4, 0.5) is 0 Å². The normalized spacial score (nSPS) is 12.4. The molecule has 0 saturated carbocycles. The Morgan fingerprint density at radius 2 is 2.06 bits per heavy atom. The Morgan fingerprint density at radius 1 is 1.35 bits per heavy atom. The standard InChI is InChI=1S/C12H14N4O/c1-9(13-2)12(17)11-8-14-15-16(11)10-6-4-3-5-7-10/h3-9,13H,1-2H3. The lowest BCUT2D eigenvalue weighted by atomic mass is 10.1. The number of nitrogens with one attached hydrogen (secondary N) is 1. The van der Waals surface area contributed by atoms with E-state index in [4.69, 9.17) is 0 Å². The van der Waals surface area contributed by atoms with Gasteiger partial charge in [0.15, 0.2) is 5.78 Å². The number of rotatable bonds is 4. The molecule has 1 N–H and O–H groups in total. The number of aromatic nitrogens is 3. The molecule has 0 aliphatic heterocycles. The number of carbonyl (C=O) groups excluding carboxylic acids is 1. The lowest BCUT2D eigenvalue weighted by molar-refractivity contribution is 0.0947. The second-order valence-electron chi connectivity index (χ2n) is 3.74. The van der Waals surface area contributed by atoms with Crippen LogP contribution in [0.15, 0.2) is 36.5 Å². The highest BCUT2D eigenvalue weighted by molar-refractivity contribution is 5.98. The first kappa shape index (κ1) is 11.5. The zero-order valence-electron chi connectivity index (χ0n) is 9.79. The maximum Gasteiger partial charge on any atom is 0.199 e. The van der Waals surface area contributed by atoms with Gasteiger partial charge in [-0.25, -0.2) is 4.68 Å². The predicted molar refractivity (Wildman–Crippen MR) is 64.2 cm³/mol. The third-order valence-electron chi connectivity index (χ3n) is 2.63. The van der Waals surface area contributed by atoms with Crippen molar-refractivity contribution < 1.29 is 4.79 Å². The van der Waals surface area contributed by atoms with Gasteiger partial charge in [-0.15, -0.1) is 5.10 Å². The van der Waals surface area contributed by atoms with E-state index in [-0.39, 0.29) is 11.8 Å². The molecule has 1 atom stereocenters. The minimum Gasteiger partial charge on any atom is -0.310 e. The molecular weight excluding hydrogens is 216 g/mol. The summed E-state index contributed by atoms with van der Waals surface area (Å²) < 4.78 is 1.55. The first-order valence-electron chi connectivity index (χ1n) is 5.41. The van der Waals surface area contributed by atoms with Crippen molar-refractivity contribution in [2.24, 2.45) is 0 Å². The summed E-state index contributed by atoms with van der Waals surface area (Å²) in [4.78, 5) is 12.1. The van der Waals surface area contributed by atoms with E-state index in [1.165, 1.54) is 6.20 Å². The quantitative estimate of drug-likeness (QED) is 0.798. The average molecular weight is 230 g/mol. The lowest BCUT2D eigenvalue weighted by Gasteiger charge is -2.09. The molecular formula is C12H14N4O. The van der Waals surface area contributed by atoms with E-state index >= 15 is 0 Å². The molecule has 0 saturated heterocycles. The molecule has 88 valence electrons. The van der Waals surface area contributed by atoms with E-state index in [1.54, 1.807) is 11.7 Å². The average Bonchev–Trinajstić information content (AvgIpc) is 2.87. The van der Waals surface area contributed by atoms with Crippen molar-refractivity contribution in [1.29, 1.82) is 0 Å². The van der Waals surface area contributed by atoms with Crippen LogP contribution in [0.1, 0.15) is 17.4 Å². The van der Waals surface area contributed by atoms with E-state index < -0.39 is 0 Å². The maximum atomic E-state index is 12.1. The highest BCUT2D eigenvalue weighted by Gasteiger charge is 2.19. The minimum absolute atomic E-state index is 0.0265. The van der Waals surface area contributed by atoms with Crippen LogP contribution in [0.3, 0.4) is 0 Å². The number of hydrogen-bond acceptors (Lipinski definition) is 4. The van der Waals surface area contributed by atoms with Crippen LogP contribution in [0, 0.1) is 0 Å². The zero-order chi connectivity index (χ0) is 12.3. The molecule has 0 radical (unpaired) electrons. The second kappa shape index (κ2) is 4.88. The zero-order valence-corrected chi connectivity index (χ0v) is 9.79. The van der Waals surface area contributed by atoms with E-state index in [0.717, 1.165) is 5.69 Å². The molecule has 0 aliphatic carbocycles. The number of nitrogens with zero attached hydrogens (tertiary/aromatic N) is 3. The van der Waals surface area contributed by atoms with Gasteiger partial charge in [0.1, 0.15) is 5.69 Å². The molecule has 2 aromatic rings. The summed E-state index contributed by atoms with van der Waals surface area (Å²) in [5.41, 5.74) is 1.31. The summed E-state index contributed by atoms with van der Waals surface area (Å²) in [6.45, 7) is 1.81. The highest BCUT2D eigenvalue weighted by atomic mass is 16.1. The molecule has 2 rings (SSSR count). The molecule has 1 aromatic heterocycles. The Kier molecular flexibility index (Phi) is 3.30. The van der Waals surface area contributed by atoms with Gasteiger partial charge in [-0.3, -0.25) is 4.79 Å². The van der Waals surface area contributed by atoms with Crippen molar-refractivity contribution in [3.63, 3.8) is 0 Å². The summed E-state index contributed by atoms with van der Waals surface area (Å²) in [6, 6.07) is 9.22. The maximum absolute atomic E-state index is 12.1. The van der Waals surface area contributed by atoms with Gasteiger partial charge in [0, 0.05) is 0 Å². The van der Waals surface area contributed by atoms with Crippen molar-refractivity contribution in [3.8, 4) is 5.69 Å². The minimum atomic E-state index is -0.254. The molecule has 1 aromatic carbocycles. The Labute approximate surface area is 99.5 Å². The first-order valence-corrected chi connectivity index (χ1v) is 5.41. The van der Waals surface area contributed by atoms with Crippen LogP contribution in [-0.2, 0) is 0 Å². The van der Waals surface area contributed by atoms with Gasteiger partial charge in [0.2, 0.25) is 0 Å². The Hall–Kier alpha value is -2.01. The number of ketones is 1. The second-order valence-corrected chi connectivity index (χ2v) is 3.74. The van der Waals surface area contributed by atoms with Crippen LogP contribution < -0.4 is 5.32 Å². The van der Waals surface area contributed by atoms with Gasteiger partial charge in [0.25, 0.3) is 0 Å². The number of likely N-dealkylation sites (N-methyl/N-ethyl adjacent to an activating group) is 1. The van der Waals surface area contributed by atoms with Gasteiger partial charge < -0.3 is 5.32 Å². The Morgan fingerprint density at radius 3 is 2.71 bits per heavy atom. The number of hydrogen-bond donors (Lipinski definition) is 1. The molecule has 5 nitrogen and oxygen atoms in total. The molecule has 0 bridgehead atoms. The third kappa shape index (κ3) is 2.24. The van der Waals surface area contributed by atoms with Crippen LogP contribution in [-0.4, -0.2) is 33.9 Å². The highest BCUT2D eigenvalue weighted by Crippen LogP contribution is 2.10. The molecule has 17 heavy (non-hydrogen) atoms. The summed E-state index contributed by atoms with van der Waals surface area (Å²) >= 11 is 0. The summed E-state index contributed by atoms with van der Waals surface area (Å²) in [5.74, 6) is -0.0265. The van der Waals surface area contributed by atoms with Crippen molar-refractivity contribution in [2.45, 2.75) is 13.0 Å². The van der Waals surface area contributed by atoms with Gasteiger partial charge in [-0.2, -0.15) is 0 Å². The van der Waals surface area contributed by atoms with Crippen LogP contribution >= 0.6 is 0 Å². The van der Waals surface area contributed by atoms with Gasteiger partial charge in [-0.05, 0) is 26.1 Å². The number of benzene rings is 1. The predicted octanol–water partition coefficient (Wildman–Crippen LogP) is 1.06. The third-order valence-corrected chi connectivity index (χ3v) is 2.63. The fourth-order valence-electron chi connectivity index (χ4n) is 1.52. The largest absolute Gasteiger partial charge is 0.310 e. The summed E-state index contributed by atoms with van der Waals surface area (Å²) in [6.07, 6.45) is 1.49. The lowest BCUT2D eigenvalue weighted by Crippen LogP contribution is -2.32. The van der Waals surface area contributed by atoms with Crippen molar-refractivity contribution in [2.75, 3.05) is 7.05 Å². The van der Waals surface area contributed by atoms with Crippen LogP contribution in [0.5, 0.6) is 0 Å². The number of Topliss-reactive ketones (excluding diaryl/α,β-unsaturated/α-hetero) is 1. The number of para-hydroxylation sites is 1. The van der Waals surface area contributed by atoms with Gasteiger partial charge in [-0.1, -0.05) is 23.4 Å². The molecule has 0 aliphatic rings. The number of carbonyl (C=O) groups is 1. The van der Waals surface area contributed by atoms with E-state index in [2.05, 4.69) is 15.6 Å².